The Hall–Kier alpha value is -3.00. The van der Waals surface area contributed by atoms with Gasteiger partial charge in [0.05, 0.1) is 14.2 Å². The molecular formula is C22H18O2. The molecule has 0 atom stereocenters. The summed E-state index contributed by atoms with van der Waals surface area (Å²) < 4.78 is 11.1. The number of hydrogen-bond donors (Lipinski definition) is 0. The first-order chi connectivity index (χ1) is 11.8. The van der Waals surface area contributed by atoms with E-state index in [2.05, 4.69) is 55.1 Å². The summed E-state index contributed by atoms with van der Waals surface area (Å²) in [4.78, 5) is 0. The number of ether oxygens (including phenoxy) is 2. The fourth-order valence-corrected chi connectivity index (χ4v) is 3.46. The maximum absolute atomic E-state index is 5.61. The molecule has 0 aromatic heterocycles. The van der Waals surface area contributed by atoms with Crippen molar-refractivity contribution in [2.75, 3.05) is 14.2 Å². The van der Waals surface area contributed by atoms with Gasteiger partial charge in [0, 0.05) is 10.9 Å². The van der Waals surface area contributed by atoms with Crippen molar-refractivity contribution in [2.24, 2.45) is 0 Å². The second-order valence-electron chi connectivity index (χ2n) is 5.81. The molecule has 4 aromatic carbocycles. The minimum Gasteiger partial charge on any atom is -0.493 e. The van der Waals surface area contributed by atoms with Gasteiger partial charge in [0.1, 0.15) is 0 Å². The van der Waals surface area contributed by atoms with Crippen molar-refractivity contribution in [3.63, 3.8) is 0 Å². The van der Waals surface area contributed by atoms with E-state index in [0.717, 1.165) is 27.8 Å². The van der Waals surface area contributed by atoms with Crippen LogP contribution in [0.15, 0.2) is 61.2 Å². The standard InChI is InChI=1S/C22H18O2/c1-4-18-21-17(13-20(23-2)22(18)24-3)10-9-16-11-14-7-5-6-8-15(14)12-19(16)21/h4-13H,1H2,2-3H3. The Bertz CT molecular complexity index is 1090. The molecule has 2 nitrogen and oxygen atoms in total. The van der Waals surface area contributed by atoms with E-state index in [4.69, 9.17) is 9.47 Å². The first-order valence-corrected chi connectivity index (χ1v) is 7.89. The average molecular weight is 314 g/mol. The van der Waals surface area contributed by atoms with Crippen LogP contribution in [-0.2, 0) is 0 Å². The molecule has 0 aliphatic rings. The molecule has 0 bridgehead atoms. The molecule has 0 amide bonds. The topological polar surface area (TPSA) is 18.5 Å². The van der Waals surface area contributed by atoms with Crippen molar-refractivity contribution in [3.05, 3.63) is 66.7 Å². The lowest BCUT2D eigenvalue weighted by Crippen LogP contribution is -1.95. The summed E-state index contributed by atoms with van der Waals surface area (Å²) in [5.74, 6) is 1.45. The van der Waals surface area contributed by atoms with Crippen LogP contribution in [0.2, 0.25) is 0 Å². The smallest absolute Gasteiger partial charge is 0.168 e. The number of benzene rings is 4. The Morgan fingerprint density at radius 3 is 2.17 bits per heavy atom. The van der Waals surface area contributed by atoms with Crippen LogP contribution in [0.1, 0.15) is 5.56 Å². The van der Waals surface area contributed by atoms with Crippen LogP contribution in [0.3, 0.4) is 0 Å². The summed E-state index contributed by atoms with van der Waals surface area (Å²) in [6.07, 6.45) is 1.85. The molecule has 0 saturated heterocycles. The summed E-state index contributed by atoms with van der Waals surface area (Å²) in [7, 11) is 3.32. The van der Waals surface area contributed by atoms with E-state index in [0.29, 0.717) is 0 Å². The van der Waals surface area contributed by atoms with Crippen LogP contribution in [0.4, 0.5) is 0 Å². The molecule has 0 fully saturated rings. The lowest BCUT2D eigenvalue weighted by atomic mass is 9.94. The molecule has 0 saturated carbocycles. The molecule has 24 heavy (non-hydrogen) atoms. The molecule has 0 aliphatic heterocycles. The summed E-state index contributed by atoms with van der Waals surface area (Å²) in [6, 6.07) is 19.2. The Morgan fingerprint density at radius 2 is 1.50 bits per heavy atom. The van der Waals surface area contributed by atoms with Gasteiger partial charge in [-0.15, -0.1) is 0 Å². The molecule has 4 aromatic rings. The first-order valence-electron chi connectivity index (χ1n) is 7.89. The van der Waals surface area contributed by atoms with Crippen LogP contribution in [0, 0.1) is 0 Å². The third-order valence-corrected chi connectivity index (χ3v) is 4.57. The van der Waals surface area contributed by atoms with Gasteiger partial charge in [0.25, 0.3) is 0 Å². The Balaban J connectivity index is 2.24. The molecule has 118 valence electrons. The highest BCUT2D eigenvalue weighted by atomic mass is 16.5. The first kappa shape index (κ1) is 14.6. The number of fused-ring (bicyclic) bond motifs is 4. The zero-order valence-corrected chi connectivity index (χ0v) is 13.8. The monoisotopic (exact) mass is 314 g/mol. The number of hydrogen-bond acceptors (Lipinski definition) is 2. The molecule has 2 heteroatoms. The molecule has 4 rings (SSSR count). The normalized spacial score (nSPS) is 11.1. The average Bonchev–Trinajstić information content (AvgIpc) is 2.64. The largest absolute Gasteiger partial charge is 0.493 e. The minimum atomic E-state index is 0.722. The van der Waals surface area contributed by atoms with E-state index in [-0.39, 0.29) is 0 Å². The van der Waals surface area contributed by atoms with Crippen molar-refractivity contribution < 1.29 is 9.47 Å². The number of rotatable bonds is 3. The van der Waals surface area contributed by atoms with Crippen molar-refractivity contribution >= 4 is 38.4 Å². The van der Waals surface area contributed by atoms with Crippen LogP contribution in [-0.4, -0.2) is 14.2 Å². The second-order valence-corrected chi connectivity index (χ2v) is 5.81. The summed E-state index contributed by atoms with van der Waals surface area (Å²) in [6.45, 7) is 4.00. The van der Waals surface area contributed by atoms with Gasteiger partial charge >= 0.3 is 0 Å². The van der Waals surface area contributed by atoms with E-state index in [1.807, 2.05) is 12.1 Å². The van der Waals surface area contributed by atoms with Gasteiger partial charge in [-0.25, -0.2) is 0 Å². The highest BCUT2D eigenvalue weighted by Crippen LogP contribution is 2.41. The van der Waals surface area contributed by atoms with Crippen molar-refractivity contribution in [1.82, 2.24) is 0 Å². The van der Waals surface area contributed by atoms with E-state index < -0.39 is 0 Å². The molecule has 0 N–H and O–H groups in total. The molecular weight excluding hydrogens is 296 g/mol. The zero-order valence-electron chi connectivity index (χ0n) is 13.8. The minimum absolute atomic E-state index is 0.722. The van der Waals surface area contributed by atoms with Crippen molar-refractivity contribution in [1.29, 1.82) is 0 Å². The van der Waals surface area contributed by atoms with Crippen LogP contribution < -0.4 is 9.47 Å². The Labute approximate surface area is 140 Å². The second kappa shape index (κ2) is 5.57. The predicted octanol–water partition coefficient (Wildman–Crippen LogP) is 5.81. The van der Waals surface area contributed by atoms with E-state index >= 15 is 0 Å². The fourth-order valence-electron chi connectivity index (χ4n) is 3.46. The molecule has 0 heterocycles. The van der Waals surface area contributed by atoms with Gasteiger partial charge in [-0.1, -0.05) is 49.1 Å². The lowest BCUT2D eigenvalue weighted by molar-refractivity contribution is 0.355. The number of methoxy groups -OCH3 is 2. The quantitative estimate of drug-likeness (QED) is 0.351. The molecule has 0 unspecified atom stereocenters. The fraction of sp³-hybridized carbons (Fsp3) is 0.0909. The summed E-state index contributed by atoms with van der Waals surface area (Å²) in [5.41, 5.74) is 0.965. The van der Waals surface area contributed by atoms with Gasteiger partial charge in [-0.3, -0.25) is 0 Å². The van der Waals surface area contributed by atoms with E-state index in [9.17, 15) is 0 Å². The van der Waals surface area contributed by atoms with E-state index in [1.54, 1.807) is 14.2 Å². The van der Waals surface area contributed by atoms with Crippen LogP contribution in [0.25, 0.3) is 38.4 Å². The van der Waals surface area contributed by atoms with Crippen LogP contribution in [0.5, 0.6) is 11.5 Å². The predicted molar refractivity (Wildman–Crippen MR) is 102 cm³/mol. The van der Waals surface area contributed by atoms with Gasteiger partial charge in [-0.05, 0) is 45.1 Å². The SMILES string of the molecule is C=Cc1c(OC)c(OC)cc2ccc3cc4ccccc4cc3c12. The Morgan fingerprint density at radius 1 is 0.792 bits per heavy atom. The van der Waals surface area contributed by atoms with Gasteiger partial charge in [0.2, 0.25) is 0 Å². The van der Waals surface area contributed by atoms with Crippen molar-refractivity contribution in [2.45, 2.75) is 0 Å². The maximum atomic E-state index is 5.61. The van der Waals surface area contributed by atoms with Gasteiger partial charge in [0.15, 0.2) is 11.5 Å². The third-order valence-electron chi connectivity index (χ3n) is 4.57. The van der Waals surface area contributed by atoms with Crippen LogP contribution >= 0.6 is 0 Å². The summed E-state index contributed by atoms with van der Waals surface area (Å²) in [5, 5.41) is 7.13. The lowest BCUT2D eigenvalue weighted by Gasteiger charge is -2.15. The summed E-state index contributed by atoms with van der Waals surface area (Å²) >= 11 is 0. The molecule has 0 radical (unpaired) electrons. The van der Waals surface area contributed by atoms with Crippen molar-refractivity contribution in [3.8, 4) is 11.5 Å². The zero-order chi connectivity index (χ0) is 16.7. The Kier molecular flexibility index (Phi) is 3.39. The van der Waals surface area contributed by atoms with Gasteiger partial charge in [-0.2, -0.15) is 0 Å². The highest BCUT2D eigenvalue weighted by molar-refractivity contribution is 6.16. The molecule has 0 spiro atoms. The molecule has 0 aliphatic carbocycles. The van der Waals surface area contributed by atoms with Gasteiger partial charge < -0.3 is 9.47 Å². The highest BCUT2D eigenvalue weighted by Gasteiger charge is 2.15. The maximum Gasteiger partial charge on any atom is 0.168 e. The van der Waals surface area contributed by atoms with E-state index in [1.165, 1.54) is 21.5 Å². The third kappa shape index (κ3) is 2.04.